The second-order valence-corrected chi connectivity index (χ2v) is 6.88. The molecule has 158 valence electrons. The van der Waals surface area contributed by atoms with Crippen LogP contribution in [0.3, 0.4) is 0 Å². The number of carbonyl (C=O) groups is 2. The number of rotatable bonds is 9. The monoisotopic (exact) mass is 415 g/mol. The van der Waals surface area contributed by atoms with Crippen molar-refractivity contribution >= 4 is 29.3 Å². The average molecular weight is 415 g/mol. The van der Waals surface area contributed by atoms with E-state index in [1.54, 1.807) is 4.90 Å². The molecule has 5 heteroatoms. The summed E-state index contributed by atoms with van der Waals surface area (Å²) >= 11 is 0. The number of amides is 1. The summed E-state index contributed by atoms with van der Waals surface area (Å²) in [5.41, 5.74) is 2.44. The van der Waals surface area contributed by atoms with Gasteiger partial charge in [-0.15, -0.1) is 0 Å². The molecule has 0 bridgehead atoms. The minimum atomic E-state index is -0.426. The molecule has 0 heterocycles. The Balaban J connectivity index is 1.56. The van der Waals surface area contributed by atoms with Crippen molar-refractivity contribution in [2.75, 3.05) is 18.1 Å². The number of ether oxygens (including phenoxy) is 2. The average Bonchev–Trinajstić information content (AvgIpc) is 2.79. The molecule has 0 aromatic heterocycles. The molecule has 0 atom stereocenters. The topological polar surface area (TPSA) is 55.8 Å². The van der Waals surface area contributed by atoms with Gasteiger partial charge >= 0.3 is 6.09 Å². The van der Waals surface area contributed by atoms with Gasteiger partial charge in [-0.1, -0.05) is 60.7 Å². The van der Waals surface area contributed by atoms with E-state index in [9.17, 15) is 9.59 Å². The Bertz CT molecular complexity index is 976. The zero-order valence-corrected chi connectivity index (χ0v) is 17.4. The van der Waals surface area contributed by atoms with Crippen LogP contribution in [0.5, 0.6) is 5.75 Å². The van der Waals surface area contributed by atoms with Gasteiger partial charge in [-0.2, -0.15) is 0 Å². The van der Waals surface area contributed by atoms with Gasteiger partial charge in [0.1, 0.15) is 12.4 Å². The van der Waals surface area contributed by atoms with Gasteiger partial charge in [0, 0.05) is 0 Å². The van der Waals surface area contributed by atoms with Gasteiger partial charge in [0.2, 0.25) is 0 Å². The molecule has 0 unspecified atom stereocenters. The molecule has 0 spiro atoms. The van der Waals surface area contributed by atoms with Crippen LogP contribution in [0.25, 0.3) is 6.08 Å². The third-order valence-electron chi connectivity index (χ3n) is 4.33. The van der Waals surface area contributed by atoms with Gasteiger partial charge in [-0.05, 0) is 55.3 Å². The maximum atomic E-state index is 12.8. The molecule has 0 saturated carbocycles. The van der Waals surface area contributed by atoms with E-state index in [-0.39, 0.29) is 19.0 Å². The molecule has 0 aliphatic carbocycles. The fourth-order valence-corrected chi connectivity index (χ4v) is 2.91. The third kappa shape index (κ3) is 6.85. The van der Waals surface area contributed by atoms with E-state index < -0.39 is 6.09 Å². The maximum absolute atomic E-state index is 12.8. The maximum Gasteiger partial charge on any atom is 0.418 e. The lowest BCUT2D eigenvalue weighted by molar-refractivity contribution is -0.118. The number of ketones is 1. The highest BCUT2D eigenvalue weighted by molar-refractivity contribution is 5.95. The number of carbonyl (C=O) groups excluding carboxylic acids is 2. The number of anilines is 2. The highest BCUT2D eigenvalue weighted by Crippen LogP contribution is 2.25. The predicted molar refractivity (Wildman–Crippen MR) is 123 cm³/mol. The van der Waals surface area contributed by atoms with Crippen LogP contribution in [0.2, 0.25) is 0 Å². The normalized spacial score (nSPS) is 10.6. The highest BCUT2D eigenvalue weighted by Gasteiger charge is 2.18. The minimum Gasteiger partial charge on any atom is -0.486 e. The molecule has 31 heavy (non-hydrogen) atoms. The largest absolute Gasteiger partial charge is 0.486 e. The van der Waals surface area contributed by atoms with Crippen molar-refractivity contribution in [3.05, 3.63) is 96.6 Å². The van der Waals surface area contributed by atoms with Crippen LogP contribution in [-0.4, -0.2) is 25.1 Å². The van der Waals surface area contributed by atoms with Crippen LogP contribution >= 0.6 is 0 Å². The van der Waals surface area contributed by atoms with Crippen molar-refractivity contribution < 1.29 is 19.1 Å². The smallest absolute Gasteiger partial charge is 0.418 e. The van der Waals surface area contributed by atoms with E-state index in [2.05, 4.69) is 0 Å². The molecule has 0 aliphatic rings. The van der Waals surface area contributed by atoms with Crippen LogP contribution in [-0.2, 0) is 9.53 Å². The van der Waals surface area contributed by atoms with E-state index in [4.69, 9.17) is 9.47 Å². The summed E-state index contributed by atoms with van der Waals surface area (Å²) in [5, 5.41) is 0. The second-order valence-electron chi connectivity index (χ2n) is 6.88. The minimum absolute atomic E-state index is 0.0252. The highest BCUT2D eigenvalue weighted by atomic mass is 16.6. The summed E-state index contributed by atoms with van der Waals surface area (Å²) in [6.07, 6.45) is 4.01. The summed E-state index contributed by atoms with van der Waals surface area (Å²) in [6, 6.07) is 26.3. The molecule has 3 aromatic carbocycles. The van der Waals surface area contributed by atoms with E-state index in [0.29, 0.717) is 12.2 Å². The molecule has 1 amide bonds. The zero-order valence-electron chi connectivity index (χ0n) is 17.4. The Morgan fingerprint density at radius 2 is 1.52 bits per heavy atom. The first-order chi connectivity index (χ1) is 15.1. The van der Waals surface area contributed by atoms with Crippen molar-refractivity contribution in [1.82, 2.24) is 0 Å². The van der Waals surface area contributed by atoms with Crippen LogP contribution in [0.4, 0.5) is 16.2 Å². The Labute approximate surface area is 182 Å². The van der Waals surface area contributed by atoms with Gasteiger partial charge in [-0.3, -0.25) is 4.79 Å². The van der Waals surface area contributed by atoms with Crippen molar-refractivity contribution in [2.45, 2.75) is 13.3 Å². The van der Waals surface area contributed by atoms with E-state index in [1.807, 2.05) is 97.1 Å². The quantitative estimate of drug-likeness (QED) is 0.400. The van der Waals surface area contributed by atoms with Crippen molar-refractivity contribution in [1.29, 1.82) is 0 Å². The predicted octanol–water partition coefficient (Wildman–Crippen LogP) is 6.03. The van der Waals surface area contributed by atoms with E-state index in [0.717, 1.165) is 16.9 Å². The lowest BCUT2D eigenvalue weighted by Gasteiger charge is -2.22. The molecular weight excluding hydrogens is 390 g/mol. The number of hydrogen-bond acceptors (Lipinski definition) is 4. The lowest BCUT2D eigenvalue weighted by atomic mass is 10.2. The number of nitrogens with zero attached hydrogens (tertiary/aromatic N) is 1. The Kier molecular flexibility index (Phi) is 8.00. The number of para-hydroxylation sites is 2. The van der Waals surface area contributed by atoms with Crippen LogP contribution in [0.1, 0.15) is 18.9 Å². The van der Waals surface area contributed by atoms with Gasteiger partial charge in [0.15, 0.2) is 5.78 Å². The van der Waals surface area contributed by atoms with Gasteiger partial charge < -0.3 is 9.47 Å². The summed E-state index contributed by atoms with van der Waals surface area (Å²) < 4.78 is 10.9. The summed E-state index contributed by atoms with van der Waals surface area (Å²) in [6.45, 7) is 1.80. The summed E-state index contributed by atoms with van der Waals surface area (Å²) in [5.74, 6) is 0.618. The second kappa shape index (κ2) is 11.4. The van der Waals surface area contributed by atoms with Gasteiger partial charge in [0.05, 0.1) is 18.0 Å². The molecule has 0 fully saturated rings. The van der Waals surface area contributed by atoms with E-state index in [1.165, 1.54) is 6.92 Å². The number of benzene rings is 3. The molecule has 0 radical (unpaired) electrons. The Morgan fingerprint density at radius 1 is 0.871 bits per heavy atom. The fraction of sp³-hybridized carbons (Fsp3) is 0.154. The molecular formula is C26H25NO4. The van der Waals surface area contributed by atoms with Crippen LogP contribution in [0, 0.1) is 0 Å². The summed E-state index contributed by atoms with van der Waals surface area (Å²) in [4.78, 5) is 25.4. The molecule has 0 aliphatic heterocycles. The van der Waals surface area contributed by atoms with Crippen molar-refractivity contribution in [2.24, 2.45) is 0 Å². The molecule has 0 saturated heterocycles. The third-order valence-corrected chi connectivity index (χ3v) is 4.33. The van der Waals surface area contributed by atoms with Gasteiger partial charge in [0.25, 0.3) is 0 Å². The van der Waals surface area contributed by atoms with Gasteiger partial charge in [-0.25, -0.2) is 9.69 Å². The zero-order chi connectivity index (χ0) is 21.9. The Morgan fingerprint density at radius 3 is 2.13 bits per heavy atom. The van der Waals surface area contributed by atoms with Crippen molar-refractivity contribution in [3.8, 4) is 5.75 Å². The SMILES string of the molecule is CC(=O)COc1cccc(/C=C/CCOC(=O)N(c2ccccc2)c2ccccc2)c1. The number of Topliss-reactive ketones (excluding diaryl/α,β-unsaturated/α-hetero) is 1. The lowest BCUT2D eigenvalue weighted by Crippen LogP contribution is -2.27. The molecule has 3 rings (SSSR count). The summed E-state index contributed by atoms with van der Waals surface area (Å²) in [7, 11) is 0. The first-order valence-corrected chi connectivity index (χ1v) is 10.1. The molecule has 5 nitrogen and oxygen atoms in total. The molecule has 3 aromatic rings. The van der Waals surface area contributed by atoms with Crippen LogP contribution in [0.15, 0.2) is 91.0 Å². The van der Waals surface area contributed by atoms with Crippen LogP contribution < -0.4 is 9.64 Å². The molecule has 0 N–H and O–H groups in total. The first-order valence-electron chi connectivity index (χ1n) is 10.1. The van der Waals surface area contributed by atoms with Crippen molar-refractivity contribution in [3.63, 3.8) is 0 Å². The Hall–Kier alpha value is -3.86. The number of hydrogen-bond donors (Lipinski definition) is 0. The fourth-order valence-electron chi connectivity index (χ4n) is 2.91. The standard InChI is InChI=1S/C26H25NO4/c1-21(28)20-31-25-17-10-12-22(19-25)11-8-9-18-30-26(29)27(23-13-4-2-5-14-23)24-15-6-3-7-16-24/h2-8,10-17,19H,9,18,20H2,1H3/b11-8+. The first kappa shape index (κ1) is 21.8. The van der Waals surface area contributed by atoms with E-state index >= 15 is 0 Å².